The Bertz CT molecular complexity index is 960. The van der Waals surface area contributed by atoms with Gasteiger partial charge < -0.3 is 19.1 Å². The van der Waals surface area contributed by atoms with Crippen LogP contribution in [0, 0.1) is 12.8 Å². The Morgan fingerprint density at radius 2 is 1.74 bits per heavy atom. The Morgan fingerprint density at radius 1 is 1.03 bits per heavy atom. The summed E-state index contributed by atoms with van der Waals surface area (Å²) in [7, 11) is 3.03. The second kappa shape index (κ2) is 9.84. The number of aryl methyl sites for hydroxylation is 1. The van der Waals surface area contributed by atoms with Gasteiger partial charge in [0.2, 0.25) is 11.8 Å². The highest BCUT2D eigenvalue weighted by atomic mass is 16.5. The van der Waals surface area contributed by atoms with Gasteiger partial charge in [0.1, 0.15) is 17.2 Å². The van der Waals surface area contributed by atoms with E-state index in [1.54, 1.807) is 30.3 Å². The van der Waals surface area contributed by atoms with Crippen molar-refractivity contribution in [1.82, 2.24) is 10.9 Å². The summed E-state index contributed by atoms with van der Waals surface area (Å²) in [6, 6.07) is 12.4. The number of anilines is 1. The third kappa shape index (κ3) is 5.44. The fourth-order valence-corrected chi connectivity index (χ4v) is 3.18. The first-order chi connectivity index (χ1) is 14.9. The molecule has 0 unspecified atom stereocenters. The summed E-state index contributed by atoms with van der Waals surface area (Å²) in [5.41, 5.74) is 6.31. The van der Waals surface area contributed by atoms with Gasteiger partial charge in [-0.25, -0.2) is 0 Å². The van der Waals surface area contributed by atoms with Crippen LogP contribution < -0.4 is 30.0 Å². The summed E-state index contributed by atoms with van der Waals surface area (Å²) < 4.78 is 15.9. The van der Waals surface area contributed by atoms with Gasteiger partial charge in [0, 0.05) is 19.0 Å². The lowest BCUT2D eigenvalue weighted by Gasteiger charge is -2.20. The van der Waals surface area contributed by atoms with Gasteiger partial charge >= 0.3 is 0 Å². The van der Waals surface area contributed by atoms with Crippen LogP contribution in [0.5, 0.6) is 17.2 Å². The highest BCUT2D eigenvalue weighted by Gasteiger charge is 2.36. The molecular weight excluding hydrogens is 402 g/mol. The van der Waals surface area contributed by atoms with Crippen LogP contribution in [-0.4, -0.2) is 45.1 Å². The monoisotopic (exact) mass is 427 g/mol. The van der Waals surface area contributed by atoms with Crippen LogP contribution in [0.15, 0.2) is 42.5 Å². The minimum absolute atomic E-state index is 0.0246. The van der Waals surface area contributed by atoms with Gasteiger partial charge in [-0.3, -0.25) is 25.2 Å². The SMILES string of the molecule is COc1ccc(N2C[C@H](C(=O)NNC(=O)COc3ccc(C)cc3)CC2=O)c(OC)c1. The van der Waals surface area contributed by atoms with Gasteiger partial charge in [0.05, 0.1) is 25.8 Å². The van der Waals surface area contributed by atoms with Gasteiger partial charge in [0.25, 0.3) is 5.91 Å². The number of nitrogens with one attached hydrogen (secondary N) is 2. The van der Waals surface area contributed by atoms with Crippen molar-refractivity contribution in [2.75, 3.05) is 32.3 Å². The van der Waals surface area contributed by atoms with Crippen molar-refractivity contribution in [3.8, 4) is 17.2 Å². The minimum atomic E-state index is -0.613. The Hall–Kier alpha value is -3.75. The molecule has 9 heteroatoms. The smallest absolute Gasteiger partial charge is 0.276 e. The molecule has 0 aromatic heterocycles. The van der Waals surface area contributed by atoms with E-state index in [1.165, 1.54) is 19.1 Å². The first-order valence-electron chi connectivity index (χ1n) is 9.72. The van der Waals surface area contributed by atoms with E-state index >= 15 is 0 Å². The predicted octanol–water partition coefficient (Wildman–Crippen LogP) is 1.59. The molecule has 1 aliphatic heterocycles. The summed E-state index contributed by atoms with van der Waals surface area (Å²) in [6.07, 6.45) is 0.0246. The van der Waals surface area contributed by atoms with Crippen LogP contribution in [0.25, 0.3) is 0 Å². The van der Waals surface area contributed by atoms with Crippen molar-refractivity contribution < 1.29 is 28.6 Å². The molecule has 1 aliphatic rings. The van der Waals surface area contributed by atoms with Gasteiger partial charge in [0.15, 0.2) is 6.61 Å². The van der Waals surface area contributed by atoms with E-state index < -0.39 is 17.7 Å². The third-order valence-electron chi connectivity index (χ3n) is 4.89. The zero-order valence-corrected chi connectivity index (χ0v) is 17.6. The Morgan fingerprint density at radius 3 is 2.42 bits per heavy atom. The molecule has 3 amide bonds. The maximum Gasteiger partial charge on any atom is 0.276 e. The molecule has 0 bridgehead atoms. The van der Waals surface area contributed by atoms with Gasteiger partial charge in [-0.1, -0.05) is 17.7 Å². The Balaban J connectivity index is 1.52. The largest absolute Gasteiger partial charge is 0.497 e. The molecule has 2 N–H and O–H groups in total. The first-order valence-corrected chi connectivity index (χ1v) is 9.72. The lowest BCUT2D eigenvalue weighted by Crippen LogP contribution is -2.46. The summed E-state index contributed by atoms with van der Waals surface area (Å²) in [6.45, 7) is 1.87. The molecule has 1 heterocycles. The molecule has 2 aromatic carbocycles. The van der Waals surface area contributed by atoms with Gasteiger partial charge in [-0.15, -0.1) is 0 Å². The zero-order valence-electron chi connectivity index (χ0n) is 17.6. The van der Waals surface area contributed by atoms with Crippen molar-refractivity contribution in [3.63, 3.8) is 0 Å². The second-order valence-electron chi connectivity index (χ2n) is 7.08. The molecule has 1 saturated heterocycles. The Kier molecular flexibility index (Phi) is 6.96. The standard InChI is InChI=1S/C22H25N3O6/c1-14-4-6-16(7-5-14)31-13-20(26)23-24-22(28)15-10-21(27)25(12-15)18-9-8-17(29-2)11-19(18)30-3/h4-9,11,15H,10,12-13H2,1-3H3,(H,23,26)(H,24,28)/t15-/m1/s1. The normalized spacial score (nSPS) is 15.4. The quantitative estimate of drug-likeness (QED) is 0.650. The van der Waals surface area contributed by atoms with Crippen molar-refractivity contribution >= 4 is 23.4 Å². The van der Waals surface area contributed by atoms with E-state index in [2.05, 4.69) is 10.9 Å². The number of ether oxygens (including phenoxy) is 3. The molecule has 0 saturated carbocycles. The van der Waals surface area contributed by atoms with Crippen molar-refractivity contribution in [2.24, 2.45) is 5.92 Å². The van der Waals surface area contributed by atoms with Gasteiger partial charge in [-0.05, 0) is 31.2 Å². The lowest BCUT2D eigenvalue weighted by atomic mass is 10.1. The highest BCUT2D eigenvalue weighted by molar-refractivity contribution is 6.01. The number of carbonyl (C=O) groups excluding carboxylic acids is 3. The molecule has 31 heavy (non-hydrogen) atoms. The number of methoxy groups -OCH3 is 2. The number of hydrogen-bond donors (Lipinski definition) is 2. The fraction of sp³-hybridized carbons (Fsp3) is 0.318. The lowest BCUT2D eigenvalue weighted by molar-refractivity contribution is -0.132. The summed E-state index contributed by atoms with van der Waals surface area (Å²) in [5, 5.41) is 0. The summed E-state index contributed by atoms with van der Waals surface area (Å²) in [5.74, 6) is -0.167. The molecule has 1 fully saturated rings. The van der Waals surface area contributed by atoms with Crippen LogP contribution in [0.2, 0.25) is 0 Å². The third-order valence-corrected chi connectivity index (χ3v) is 4.89. The number of rotatable bonds is 7. The van der Waals surface area contributed by atoms with Gasteiger partial charge in [-0.2, -0.15) is 0 Å². The van der Waals surface area contributed by atoms with E-state index in [-0.39, 0.29) is 25.5 Å². The number of carbonyl (C=O) groups is 3. The van der Waals surface area contributed by atoms with E-state index in [0.29, 0.717) is 22.9 Å². The van der Waals surface area contributed by atoms with E-state index in [4.69, 9.17) is 14.2 Å². The molecule has 0 radical (unpaired) electrons. The molecular formula is C22H25N3O6. The average Bonchev–Trinajstić information content (AvgIpc) is 3.17. The van der Waals surface area contributed by atoms with Crippen LogP contribution >= 0.6 is 0 Å². The van der Waals surface area contributed by atoms with E-state index in [9.17, 15) is 14.4 Å². The number of hydrazine groups is 1. The van der Waals surface area contributed by atoms with E-state index in [1.807, 2.05) is 19.1 Å². The summed E-state index contributed by atoms with van der Waals surface area (Å²) in [4.78, 5) is 38.4. The van der Waals surface area contributed by atoms with Crippen LogP contribution in [-0.2, 0) is 14.4 Å². The fourth-order valence-electron chi connectivity index (χ4n) is 3.18. The topological polar surface area (TPSA) is 106 Å². The molecule has 164 valence electrons. The van der Waals surface area contributed by atoms with Crippen molar-refractivity contribution in [2.45, 2.75) is 13.3 Å². The number of nitrogens with zero attached hydrogens (tertiary/aromatic N) is 1. The molecule has 1 atom stereocenters. The van der Waals surface area contributed by atoms with Crippen LogP contribution in [0.1, 0.15) is 12.0 Å². The van der Waals surface area contributed by atoms with E-state index in [0.717, 1.165) is 5.56 Å². The minimum Gasteiger partial charge on any atom is -0.497 e. The molecule has 2 aromatic rings. The zero-order chi connectivity index (χ0) is 22.4. The maximum atomic E-state index is 12.5. The van der Waals surface area contributed by atoms with Crippen molar-refractivity contribution in [3.05, 3.63) is 48.0 Å². The highest BCUT2D eigenvalue weighted by Crippen LogP contribution is 2.35. The first kappa shape index (κ1) is 21.9. The Labute approximate surface area is 180 Å². The van der Waals surface area contributed by atoms with Crippen molar-refractivity contribution in [1.29, 1.82) is 0 Å². The summed E-state index contributed by atoms with van der Waals surface area (Å²) >= 11 is 0. The molecule has 0 spiro atoms. The average molecular weight is 427 g/mol. The number of hydrogen-bond acceptors (Lipinski definition) is 6. The van der Waals surface area contributed by atoms with Crippen LogP contribution in [0.4, 0.5) is 5.69 Å². The number of amides is 3. The molecule has 9 nitrogen and oxygen atoms in total. The van der Waals surface area contributed by atoms with Crippen LogP contribution in [0.3, 0.4) is 0 Å². The number of benzene rings is 2. The molecule has 3 rings (SSSR count). The maximum absolute atomic E-state index is 12.5. The predicted molar refractivity (Wildman–Crippen MR) is 113 cm³/mol. The molecule has 0 aliphatic carbocycles. The second-order valence-corrected chi connectivity index (χ2v) is 7.08.